The van der Waals surface area contributed by atoms with Crippen molar-refractivity contribution in [3.05, 3.63) is 0 Å². The first kappa shape index (κ1) is 37.3. The van der Waals surface area contributed by atoms with Gasteiger partial charge in [-0.15, -0.1) is 0 Å². The van der Waals surface area contributed by atoms with Gasteiger partial charge in [0.1, 0.15) is 0 Å². The molecule has 7 heteroatoms. The van der Waals surface area contributed by atoms with Crippen LogP contribution in [-0.4, -0.2) is 61.3 Å². The van der Waals surface area contributed by atoms with Gasteiger partial charge in [0, 0.05) is 0 Å². The van der Waals surface area contributed by atoms with Crippen molar-refractivity contribution >= 4 is 40.3 Å². The molecule has 0 radical (unpaired) electrons. The molecule has 0 N–H and O–H groups in total. The van der Waals surface area contributed by atoms with E-state index < -0.39 is 9.86 Å². The molecule has 192 valence electrons. The van der Waals surface area contributed by atoms with E-state index in [0.29, 0.717) is 0 Å². The molecule has 2 nitrogen and oxygen atoms in total. The molecule has 0 rings (SSSR count). The zero-order valence-electron chi connectivity index (χ0n) is 22.2. The first-order valence-electron chi connectivity index (χ1n) is 12.9. The Balaban J connectivity index is -0.000000416. The minimum atomic E-state index is -2.83. The molecule has 0 spiro atoms. The second kappa shape index (κ2) is 23.5. The molecule has 0 aliphatic rings. The van der Waals surface area contributed by atoms with Gasteiger partial charge < -0.3 is 8.97 Å². The van der Waals surface area contributed by atoms with Crippen molar-refractivity contribution in [2.45, 2.75) is 107 Å². The summed E-state index contributed by atoms with van der Waals surface area (Å²) < 4.78 is 2.75. The fourth-order valence-corrected chi connectivity index (χ4v) is 5.14. The molecular formula is C24H56N2S4W. The Kier molecular flexibility index (Phi) is 28.3. The molecule has 0 saturated carbocycles. The van der Waals surface area contributed by atoms with Crippen molar-refractivity contribution in [2.75, 3.05) is 52.4 Å². The summed E-state index contributed by atoms with van der Waals surface area (Å²) in [5, 5.41) is 0. The van der Waals surface area contributed by atoms with Crippen molar-refractivity contribution in [3.8, 4) is 0 Å². The summed E-state index contributed by atoms with van der Waals surface area (Å²) in [5.74, 6) is 0. The second-order valence-corrected chi connectivity index (χ2v) is 38.5. The van der Waals surface area contributed by atoms with Gasteiger partial charge in [-0.2, -0.15) is 0 Å². The molecule has 0 unspecified atom stereocenters. The maximum absolute atomic E-state index is 4.48. The molecule has 0 saturated heterocycles. The molecule has 0 atom stereocenters. The van der Waals surface area contributed by atoms with Crippen LogP contribution in [0.25, 0.3) is 0 Å². The average molecular weight is 685 g/mol. The van der Waals surface area contributed by atoms with Crippen LogP contribution < -0.4 is 0 Å². The van der Waals surface area contributed by atoms with Gasteiger partial charge >= 0.3 is 50.2 Å². The van der Waals surface area contributed by atoms with Gasteiger partial charge in [-0.3, -0.25) is 0 Å². The van der Waals surface area contributed by atoms with Crippen LogP contribution in [0.1, 0.15) is 107 Å². The van der Waals surface area contributed by atoms with E-state index in [1.807, 2.05) is 0 Å². The van der Waals surface area contributed by atoms with E-state index in [-0.39, 0.29) is 0 Å². The molecule has 0 amide bonds. The van der Waals surface area contributed by atoms with Gasteiger partial charge in [0.2, 0.25) is 0 Å². The molecule has 0 aromatic carbocycles. The van der Waals surface area contributed by atoms with E-state index in [2.05, 4.69) is 95.7 Å². The van der Waals surface area contributed by atoms with Crippen LogP contribution in [0.15, 0.2) is 0 Å². The normalized spacial score (nSPS) is 11.9. The van der Waals surface area contributed by atoms with Crippen LogP contribution in [0, 0.1) is 0 Å². The van der Waals surface area contributed by atoms with E-state index in [1.54, 1.807) is 0 Å². The predicted molar refractivity (Wildman–Crippen MR) is 152 cm³/mol. The van der Waals surface area contributed by atoms with Crippen molar-refractivity contribution in [1.82, 2.24) is 0 Å². The molecule has 0 fully saturated rings. The van der Waals surface area contributed by atoms with E-state index in [9.17, 15) is 0 Å². The van der Waals surface area contributed by atoms with Gasteiger partial charge in [0.05, 0.1) is 52.4 Å². The van der Waals surface area contributed by atoms with Crippen LogP contribution >= 0.6 is 19.6 Å². The van der Waals surface area contributed by atoms with Crippen LogP contribution in [0.2, 0.25) is 0 Å². The summed E-state index contributed by atoms with van der Waals surface area (Å²) in [7, 11) is 15.1. The molecule has 0 aliphatic carbocycles. The molecule has 31 heavy (non-hydrogen) atoms. The van der Waals surface area contributed by atoms with Gasteiger partial charge in [-0.25, -0.2) is 0 Å². The molecular weight excluding hydrogens is 628 g/mol. The monoisotopic (exact) mass is 684 g/mol. The molecule has 0 heterocycles. The van der Waals surface area contributed by atoms with E-state index >= 15 is 0 Å². The number of rotatable bonds is 16. The summed E-state index contributed by atoms with van der Waals surface area (Å²) >= 11 is 0. The van der Waals surface area contributed by atoms with Crippen molar-refractivity contribution in [1.29, 1.82) is 0 Å². The fourth-order valence-electron chi connectivity index (χ4n) is 5.14. The van der Waals surface area contributed by atoms with Gasteiger partial charge in [0.15, 0.2) is 0 Å². The van der Waals surface area contributed by atoms with Crippen LogP contribution in [0.4, 0.5) is 0 Å². The van der Waals surface area contributed by atoms with E-state index in [4.69, 9.17) is 0 Å². The minimum absolute atomic E-state index is 1.33. The fraction of sp³-hybridized carbons (Fsp3) is 1.00. The Morgan fingerprint density at radius 3 is 0.581 bits per heavy atom. The SMILES string of the molecule is CCC[N+](CCC)(CCC)CCC.CCC[N+](CCC)(CCC)CCC.[S]=[W](=[S])([S-])[S-]. The summed E-state index contributed by atoms with van der Waals surface area (Å²) in [5.41, 5.74) is 0. The first-order chi connectivity index (χ1) is 14.5. The van der Waals surface area contributed by atoms with Crippen LogP contribution in [0.3, 0.4) is 0 Å². The third-order valence-corrected chi connectivity index (χ3v) is 5.58. The second-order valence-electron chi connectivity index (χ2n) is 8.88. The number of hydrogen-bond donors (Lipinski definition) is 0. The Bertz CT molecular complexity index is 375. The quantitative estimate of drug-likeness (QED) is 0.119. The number of hydrogen-bond acceptors (Lipinski definition) is 4. The molecule has 0 aliphatic heterocycles. The molecule has 0 aromatic heterocycles. The summed E-state index contributed by atoms with van der Waals surface area (Å²) in [6.07, 6.45) is 10.7. The molecule has 0 aromatic rings. The van der Waals surface area contributed by atoms with Crippen molar-refractivity contribution in [3.63, 3.8) is 0 Å². The topological polar surface area (TPSA) is 0 Å². The maximum atomic E-state index is 4.48. The zero-order valence-corrected chi connectivity index (χ0v) is 28.4. The standard InChI is InChI=1S/2C12H28N.4S.W/c2*1-5-9-13(10-6-2,11-7-3)12-8-4;;;;;/h2*5-12H2,1-4H3;;;;;/q2*+1;;;2*-1;. The average Bonchev–Trinajstić information content (AvgIpc) is 2.63. The molecule has 0 bridgehead atoms. The van der Waals surface area contributed by atoms with E-state index in [1.165, 1.54) is 113 Å². The Labute approximate surface area is 216 Å². The number of quaternary nitrogens is 2. The predicted octanol–water partition coefficient (Wildman–Crippen LogP) is 8.18. The summed E-state index contributed by atoms with van der Waals surface area (Å²) in [6, 6.07) is 0. The Hall–Kier alpha value is 1.75. The first-order valence-corrected chi connectivity index (χ1v) is 28.6. The summed E-state index contributed by atoms with van der Waals surface area (Å²) in [4.78, 5) is 0. The Morgan fingerprint density at radius 2 is 0.516 bits per heavy atom. The Morgan fingerprint density at radius 1 is 0.419 bits per heavy atom. The van der Waals surface area contributed by atoms with Crippen molar-refractivity contribution < 1.29 is 18.8 Å². The van der Waals surface area contributed by atoms with Crippen LogP contribution in [0.5, 0.6) is 0 Å². The van der Waals surface area contributed by atoms with E-state index in [0.717, 1.165) is 0 Å². The van der Waals surface area contributed by atoms with Crippen molar-refractivity contribution in [2.24, 2.45) is 0 Å². The van der Waals surface area contributed by atoms with Gasteiger partial charge in [-0.1, -0.05) is 55.4 Å². The van der Waals surface area contributed by atoms with Gasteiger partial charge in [-0.05, 0) is 51.4 Å². The number of nitrogens with zero attached hydrogens (tertiary/aromatic N) is 2. The third-order valence-electron chi connectivity index (χ3n) is 5.58. The summed E-state index contributed by atoms with van der Waals surface area (Å²) in [6.45, 7) is 29.6. The third kappa shape index (κ3) is 24.7. The zero-order chi connectivity index (χ0) is 24.8. The van der Waals surface area contributed by atoms with Gasteiger partial charge in [0.25, 0.3) is 0 Å². The van der Waals surface area contributed by atoms with Crippen LogP contribution in [-0.2, 0) is 30.5 Å².